The summed E-state index contributed by atoms with van der Waals surface area (Å²) in [6.07, 6.45) is 0. The van der Waals surface area contributed by atoms with Crippen LogP contribution in [-0.4, -0.2) is 30.9 Å². The molecule has 0 aliphatic rings. The van der Waals surface area contributed by atoms with Gasteiger partial charge < -0.3 is 21.3 Å². The summed E-state index contributed by atoms with van der Waals surface area (Å²) in [6.45, 7) is 2.49. The molecule has 0 aliphatic carbocycles. The van der Waals surface area contributed by atoms with Crippen LogP contribution in [0.25, 0.3) is 11.1 Å². The lowest BCUT2D eigenvalue weighted by Gasteiger charge is -2.12. The molecule has 4 amide bonds. The number of rotatable bonds is 8. The van der Waals surface area contributed by atoms with Gasteiger partial charge in [0.1, 0.15) is 0 Å². The third-order valence-electron chi connectivity index (χ3n) is 5.94. The lowest BCUT2D eigenvalue weighted by atomic mass is 9.97. The number of para-hydroxylation sites is 1. The molecule has 0 saturated heterocycles. The molecule has 4 N–H and O–H groups in total. The fourth-order valence-electron chi connectivity index (χ4n) is 3.90. The minimum absolute atomic E-state index is 0.253. The van der Waals surface area contributed by atoms with Crippen LogP contribution in [0.3, 0.4) is 0 Å². The van der Waals surface area contributed by atoms with E-state index >= 15 is 0 Å². The molecule has 0 fully saturated rings. The maximum Gasteiger partial charge on any atom is 0.319 e. The molecule has 39 heavy (non-hydrogen) atoms. The van der Waals surface area contributed by atoms with E-state index in [0.717, 1.165) is 16.7 Å². The summed E-state index contributed by atoms with van der Waals surface area (Å²) in [5, 5.41) is 20.1. The smallest absolute Gasteiger partial charge is 0.319 e. The Labute approximate surface area is 226 Å². The zero-order valence-electron chi connectivity index (χ0n) is 21.3. The lowest BCUT2D eigenvalue weighted by molar-refractivity contribution is 0.0953. The van der Waals surface area contributed by atoms with Crippen LogP contribution in [-0.2, 0) is 0 Å². The van der Waals surface area contributed by atoms with Gasteiger partial charge in [-0.25, -0.2) is 4.79 Å². The number of nitrogens with one attached hydrogen (secondary N) is 4. The number of hydrogen-bond donors (Lipinski definition) is 4. The van der Waals surface area contributed by atoms with Gasteiger partial charge in [-0.3, -0.25) is 9.59 Å². The number of amides is 4. The van der Waals surface area contributed by atoms with Crippen LogP contribution in [0.1, 0.15) is 31.8 Å². The van der Waals surface area contributed by atoms with Crippen LogP contribution < -0.4 is 21.3 Å². The Kier molecular flexibility index (Phi) is 8.67. The maximum atomic E-state index is 12.7. The molecule has 0 aliphatic heterocycles. The first kappa shape index (κ1) is 26.6. The molecule has 0 radical (unpaired) electrons. The van der Waals surface area contributed by atoms with Crippen LogP contribution in [0, 0.1) is 18.3 Å². The molecule has 0 aromatic heterocycles. The van der Waals surface area contributed by atoms with E-state index in [2.05, 4.69) is 27.3 Å². The second kappa shape index (κ2) is 12.7. The standard InChI is InChI=1S/C31H27N5O3/c1-21-10-11-25(29(37)33-16-17-34-31(39)36-26-7-3-2-4-8-26)19-28(21)23-12-14-24(15-13-23)30(38)35-27-9-5-6-22(18-27)20-32/h2-15,18-19H,16-17H2,1H3,(H,33,37)(H,35,38)(H2,34,36,39). The zero-order chi connectivity index (χ0) is 27.6. The van der Waals surface area contributed by atoms with Gasteiger partial charge in [0, 0.05) is 35.6 Å². The van der Waals surface area contributed by atoms with E-state index < -0.39 is 0 Å². The summed E-state index contributed by atoms with van der Waals surface area (Å²) >= 11 is 0. The van der Waals surface area contributed by atoms with Gasteiger partial charge in [-0.2, -0.15) is 5.26 Å². The molecule has 0 heterocycles. The summed E-state index contributed by atoms with van der Waals surface area (Å²) in [6, 6.07) is 30.1. The number of hydrogen-bond acceptors (Lipinski definition) is 4. The van der Waals surface area contributed by atoms with Crippen molar-refractivity contribution in [3.8, 4) is 17.2 Å². The highest BCUT2D eigenvalue weighted by atomic mass is 16.2. The molecule has 0 spiro atoms. The maximum absolute atomic E-state index is 12.7. The molecular weight excluding hydrogens is 490 g/mol. The highest BCUT2D eigenvalue weighted by Gasteiger charge is 2.12. The van der Waals surface area contributed by atoms with Gasteiger partial charge in [0.25, 0.3) is 11.8 Å². The summed E-state index contributed by atoms with van der Waals surface area (Å²) in [5.41, 5.74) is 5.37. The quantitative estimate of drug-likeness (QED) is 0.236. The Morgan fingerprint density at radius 1 is 0.692 bits per heavy atom. The van der Waals surface area contributed by atoms with Crippen LogP contribution in [0.15, 0.2) is 97.1 Å². The lowest BCUT2D eigenvalue weighted by Crippen LogP contribution is -2.36. The first-order valence-electron chi connectivity index (χ1n) is 12.3. The Morgan fingerprint density at radius 2 is 1.38 bits per heavy atom. The normalized spacial score (nSPS) is 10.2. The van der Waals surface area contributed by atoms with Crippen LogP contribution in [0.5, 0.6) is 0 Å². The van der Waals surface area contributed by atoms with Gasteiger partial charge in [0.2, 0.25) is 0 Å². The number of carbonyl (C=O) groups excluding carboxylic acids is 3. The molecule has 8 nitrogen and oxygen atoms in total. The van der Waals surface area contributed by atoms with Crippen molar-refractivity contribution in [2.45, 2.75) is 6.92 Å². The van der Waals surface area contributed by atoms with Gasteiger partial charge in [0.05, 0.1) is 11.6 Å². The molecule has 4 aromatic rings. The molecule has 194 valence electrons. The van der Waals surface area contributed by atoms with Crippen LogP contribution in [0.4, 0.5) is 16.2 Å². The average molecular weight is 518 g/mol. The van der Waals surface area contributed by atoms with Gasteiger partial charge in [0.15, 0.2) is 0 Å². The van der Waals surface area contributed by atoms with Crippen molar-refractivity contribution in [1.29, 1.82) is 5.26 Å². The zero-order valence-corrected chi connectivity index (χ0v) is 21.3. The number of aryl methyl sites for hydroxylation is 1. The number of urea groups is 1. The highest BCUT2D eigenvalue weighted by Crippen LogP contribution is 2.25. The molecule has 4 aromatic carbocycles. The molecule has 8 heteroatoms. The van der Waals surface area contributed by atoms with E-state index in [1.165, 1.54) is 0 Å². The SMILES string of the molecule is Cc1ccc(C(=O)NCCNC(=O)Nc2ccccc2)cc1-c1ccc(C(=O)Nc2cccc(C#N)c2)cc1. The number of anilines is 2. The van der Waals surface area contributed by atoms with Crippen molar-refractivity contribution >= 4 is 29.2 Å². The van der Waals surface area contributed by atoms with Gasteiger partial charge in [-0.15, -0.1) is 0 Å². The highest BCUT2D eigenvalue weighted by molar-refractivity contribution is 6.04. The molecule has 4 rings (SSSR count). The largest absolute Gasteiger partial charge is 0.350 e. The van der Waals surface area contributed by atoms with Gasteiger partial charge >= 0.3 is 6.03 Å². The Balaban J connectivity index is 1.33. The van der Waals surface area contributed by atoms with Crippen LogP contribution >= 0.6 is 0 Å². The average Bonchev–Trinajstić information content (AvgIpc) is 2.96. The van der Waals surface area contributed by atoms with Gasteiger partial charge in [-0.1, -0.05) is 42.5 Å². The topological polar surface area (TPSA) is 123 Å². The van der Waals surface area contributed by atoms with Crippen molar-refractivity contribution in [3.63, 3.8) is 0 Å². The molecule has 0 atom stereocenters. The molecule has 0 saturated carbocycles. The third kappa shape index (κ3) is 7.31. The van der Waals surface area contributed by atoms with E-state index in [0.29, 0.717) is 28.1 Å². The van der Waals surface area contributed by atoms with E-state index in [-0.39, 0.29) is 30.9 Å². The van der Waals surface area contributed by atoms with Crippen molar-refractivity contribution in [1.82, 2.24) is 10.6 Å². The summed E-state index contributed by atoms with van der Waals surface area (Å²) < 4.78 is 0. The Morgan fingerprint density at radius 3 is 2.13 bits per heavy atom. The minimum Gasteiger partial charge on any atom is -0.350 e. The fraction of sp³-hybridized carbons (Fsp3) is 0.0968. The summed E-state index contributed by atoms with van der Waals surface area (Å²) in [5.74, 6) is -0.537. The van der Waals surface area contributed by atoms with Crippen LogP contribution in [0.2, 0.25) is 0 Å². The minimum atomic E-state index is -0.346. The number of carbonyl (C=O) groups is 3. The number of nitrogens with zero attached hydrogens (tertiary/aromatic N) is 1. The summed E-state index contributed by atoms with van der Waals surface area (Å²) in [7, 11) is 0. The van der Waals surface area contributed by atoms with E-state index in [9.17, 15) is 14.4 Å². The fourth-order valence-corrected chi connectivity index (χ4v) is 3.90. The van der Waals surface area contributed by atoms with Gasteiger partial charge in [-0.05, 0) is 78.2 Å². The van der Waals surface area contributed by atoms with Crippen molar-refractivity contribution in [2.24, 2.45) is 0 Å². The summed E-state index contributed by atoms with van der Waals surface area (Å²) in [4.78, 5) is 37.4. The predicted molar refractivity (Wildman–Crippen MR) is 152 cm³/mol. The van der Waals surface area contributed by atoms with Crippen molar-refractivity contribution in [2.75, 3.05) is 23.7 Å². The first-order chi connectivity index (χ1) is 18.9. The Bertz CT molecular complexity index is 1530. The van der Waals surface area contributed by atoms with E-state index in [4.69, 9.17) is 5.26 Å². The van der Waals surface area contributed by atoms with Crippen molar-refractivity contribution in [3.05, 3.63) is 119 Å². The monoisotopic (exact) mass is 517 g/mol. The molecular formula is C31H27N5O3. The molecule has 0 bridgehead atoms. The Hall–Kier alpha value is -5.42. The molecule has 0 unspecified atom stereocenters. The third-order valence-corrected chi connectivity index (χ3v) is 5.94. The number of benzene rings is 4. The number of nitriles is 1. The first-order valence-corrected chi connectivity index (χ1v) is 12.3. The van der Waals surface area contributed by atoms with E-state index in [1.807, 2.05) is 49.4 Å². The predicted octanol–water partition coefficient (Wildman–Crippen LogP) is 5.34. The van der Waals surface area contributed by atoms with E-state index in [1.54, 1.807) is 54.6 Å². The van der Waals surface area contributed by atoms with Crippen molar-refractivity contribution < 1.29 is 14.4 Å². The second-order valence-corrected chi connectivity index (χ2v) is 8.76. The second-order valence-electron chi connectivity index (χ2n) is 8.76.